The van der Waals surface area contributed by atoms with Crippen molar-refractivity contribution in [2.45, 2.75) is 13.8 Å². The Kier molecular flexibility index (Phi) is 4.19. The van der Waals surface area contributed by atoms with Gasteiger partial charge in [-0.25, -0.2) is 15.4 Å². The normalized spacial score (nSPS) is 11.7. The SMILES string of the molecule is Cc1cc(C)nc(NN=c2cc(-c3ccccc3)oc3ccccc23)n1. The lowest BCUT2D eigenvalue weighted by Gasteiger charge is -2.05. The van der Waals surface area contributed by atoms with Gasteiger partial charge in [-0.2, -0.15) is 5.10 Å². The molecule has 0 saturated carbocycles. The lowest BCUT2D eigenvalue weighted by molar-refractivity contribution is 0.618. The standard InChI is InChI=1S/C21H18N4O/c1-14-12-15(2)23-21(22-14)25-24-18-13-20(16-8-4-3-5-9-16)26-19-11-7-6-10-17(18)19/h3-13H,1-2H3,(H,22,23,25). The predicted octanol–water partition coefficient (Wildman–Crippen LogP) is 4.43. The van der Waals surface area contributed by atoms with Crippen LogP contribution >= 0.6 is 0 Å². The summed E-state index contributed by atoms with van der Waals surface area (Å²) in [6, 6.07) is 21.7. The fraction of sp³-hybridized carbons (Fsp3) is 0.0952. The summed E-state index contributed by atoms with van der Waals surface area (Å²) in [7, 11) is 0. The Morgan fingerprint density at radius 1 is 0.846 bits per heavy atom. The van der Waals surface area contributed by atoms with Crippen molar-refractivity contribution in [2.24, 2.45) is 5.10 Å². The summed E-state index contributed by atoms with van der Waals surface area (Å²) in [5.41, 5.74) is 6.54. The van der Waals surface area contributed by atoms with Crippen molar-refractivity contribution >= 4 is 16.9 Å². The molecule has 26 heavy (non-hydrogen) atoms. The highest BCUT2D eigenvalue weighted by molar-refractivity contribution is 5.78. The Balaban J connectivity index is 1.85. The van der Waals surface area contributed by atoms with Crippen molar-refractivity contribution < 1.29 is 4.42 Å². The zero-order chi connectivity index (χ0) is 17.9. The van der Waals surface area contributed by atoms with Gasteiger partial charge in [0.2, 0.25) is 5.95 Å². The first kappa shape index (κ1) is 16.0. The third-order valence-electron chi connectivity index (χ3n) is 3.97. The number of nitrogens with one attached hydrogen (secondary N) is 1. The molecule has 5 nitrogen and oxygen atoms in total. The molecule has 0 amide bonds. The van der Waals surface area contributed by atoms with Gasteiger partial charge in [0, 0.05) is 28.4 Å². The molecule has 2 aromatic carbocycles. The molecule has 0 bridgehead atoms. The van der Waals surface area contributed by atoms with E-state index in [1.807, 2.05) is 80.6 Å². The first-order valence-electron chi connectivity index (χ1n) is 8.39. The van der Waals surface area contributed by atoms with Crippen LogP contribution in [0.4, 0.5) is 5.95 Å². The van der Waals surface area contributed by atoms with E-state index in [-0.39, 0.29) is 0 Å². The van der Waals surface area contributed by atoms with Gasteiger partial charge in [0.05, 0.1) is 5.36 Å². The van der Waals surface area contributed by atoms with Crippen LogP contribution in [-0.4, -0.2) is 9.97 Å². The van der Waals surface area contributed by atoms with Gasteiger partial charge >= 0.3 is 0 Å². The van der Waals surface area contributed by atoms with E-state index in [9.17, 15) is 0 Å². The topological polar surface area (TPSA) is 63.3 Å². The van der Waals surface area contributed by atoms with Crippen LogP contribution in [0.3, 0.4) is 0 Å². The van der Waals surface area contributed by atoms with E-state index in [0.717, 1.165) is 39.0 Å². The minimum absolute atomic E-state index is 0.480. The molecule has 0 unspecified atom stereocenters. The molecule has 0 aliphatic rings. The van der Waals surface area contributed by atoms with E-state index in [1.54, 1.807) is 0 Å². The molecule has 0 aliphatic heterocycles. The van der Waals surface area contributed by atoms with E-state index >= 15 is 0 Å². The Hall–Kier alpha value is -3.47. The van der Waals surface area contributed by atoms with Crippen LogP contribution in [0.1, 0.15) is 11.4 Å². The van der Waals surface area contributed by atoms with E-state index in [4.69, 9.17) is 4.42 Å². The van der Waals surface area contributed by atoms with Crippen LogP contribution in [-0.2, 0) is 0 Å². The van der Waals surface area contributed by atoms with Crippen LogP contribution < -0.4 is 10.8 Å². The van der Waals surface area contributed by atoms with Crippen LogP contribution in [0.5, 0.6) is 0 Å². The average molecular weight is 342 g/mol. The molecule has 0 saturated heterocycles. The van der Waals surface area contributed by atoms with Gasteiger partial charge < -0.3 is 4.42 Å². The Bertz CT molecular complexity index is 1110. The molecule has 2 aromatic heterocycles. The second kappa shape index (κ2) is 6.80. The number of hydrogen-bond acceptors (Lipinski definition) is 5. The first-order chi connectivity index (χ1) is 12.7. The molecule has 1 N–H and O–H groups in total. The second-order valence-electron chi connectivity index (χ2n) is 6.06. The van der Waals surface area contributed by atoms with Gasteiger partial charge in [0.25, 0.3) is 0 Å². The highest BCUT2D eigenvalue weighted by atomic mass is 16.3. The number of rotatable bonds is 3. The van der Waals surface area contributed by atoms with E-state index in [2.05, 4.69) is 20.5 Å². The van der Waals surface area contributed by atoms with Crippen LogP contribution in [0, 0.1) is 13.8 Å². The summed E-state index contributed by atoms with van der Waals surface area (Å²) < 4.78 is 6.06. The molecule has 0 spiro atoms. The second-order valence-corrected chi connectivity index (χ2v) is 6.06. The predicted molar refractivity (Wildman–Crippen MR) is 102 cm³/mol. The Labute approximate surface area is 151 Å². The summed E-state index contributed by atoms with van der Waals surface area (Å²) in [6.45, 7) is 3.87. The molecule has 5 heteroatoms. The van der Waals surface area contributed by atoms with Crippen molar-refractivity contribution in [3.63, 3.8) is 0 Å². The van der Waals surface area contributed by atoms with Crippen LogP contribution in [0.15, 0.2) is 76.2 Å². The van der Waals surface area contributed by atoms with Crippen molar-refractivity contribution in [1.29, 1.82) is 0 Å². The summed E-state index contributed by atoms with van der Waals surface area (Å²) >= 11 is 0. The van der Waals surface area contributed by atoms with E-state index in [1.165, 1.54) is 0 Å². The monoisotopic (exact) mass is 342 g/mol. The molecule has 0 atom stereocenters. The zero-order valence-electron chi connectivity index (χ0n) is 14.6. The molecule has 128 valence electrons. The number of anilines is 1. The van der Waals surface area contributed by atoms with Crippen molar-refractivity contribution in [1.82, 2.24) is 9.97 Å². The molecular formula is C21H18N4O. The van der Waals surface area contributed by atoms with Crippen molar-refractivity contribution in [3.05, 3.63) is 83.5 Å². The number of aryl methyl sites for hydroxylation is 2. The molecule has 0 fully saturated rings. The minimum Gasteiger partial charge on any atom is -0.456 e. The molecule has 0 aliphatic carbocycles. The number of fused-ring (bicyclic) bond motifs is 1. The quantitative estimate of drug-likeness (QED) is 0.559. The largest absolute Gasteiger partial charge is 0.456 e. The van der Waals surface area contributed by atoms with Gasteiger partial charge in [0.15, 0.2) is 0 Å². The number of nitrogens with zero attached hydrogens (tertiary/aromatic N) is 3. The highest BCUT2D eigenvalue weighted by Crippen LogP contribution is 2.21. The molecule has 0 radical (unpaired) electrons. The Morgan fingerprint density at radius 3 is 2.31 bits per heavy atom. The van der Waals surface area contributed by atoms with E-state index < -0.39 is 0 Å². The minimum atomic E-state index is 0.480. The van der Waals surface area contributed by atoms with E-state index in [0.29, 0.717) is 5.95 Å². The zero-order valence-corrected chi connectivity index (χ0v) is 14.6. The molecular weight excluding hydrogens is 324 g/mol. The van der Waals surface area contributed by atoms with Gasteiger partial charge in [-0.05, 0) is 32.0 Å². The molecule has 4 rings (SSSR count). The fourth-order valence-electron chi connectivity index (χ4n) is 2.84. The van der Waals surface area contributed by atoms with Crippen molar-refractivity contribution in [2.75, 3.05) is 5.43 Å². The molecule has 4 aromatic rings. The maximum absolute atomic E-state index is 6.06. The van der Waals surface area contributed by atoms with Crippen molar-refractivity contribution in [3.8, 4) is 11.3 Å². The summed E-state index contributed by atoms with van der Waals surface area (Å²) in [5, 5.41) is 6.23. The first-order valence-corrected chi connectivity index (χ1v) is 8.39. The summed E-state index contributed by atoms with van der Waals surface area (Å²) in [6.07, 6.45) is 0. The third-order valence-corrected chi connectivity index (χ3v) is 3.97. The van der Waals surface area contributed by atoms with Gasteiger partial charge in [-0.1, -0.05) is 42.5 Å². The Morgan fingerprint density at radius 2 is 1.54 bits per heavy atom. The average Bonchev–Trinajstić information content (AvgIpc) is 2.66. The molecule has 2 heterocycles. The smallest absolute Gasteiger partial charge is 0.243 e. The van der Waals surface area contributed by atoms with Crippen LogP contribution in [0.25, 0.3) is 22.3 Å². The number of para-hydroxylation sites is 1. The summed E-state index contributed by atoms with van der Waals surface area (Å²) in [5.74, 6) is 1.24. The number of aromatic nitrogens is 2. The maximum atomic E-state index is 6.06. The van der Waals surface area contributed by atoms with Crippen LogP contribution in [0.2, 0.25) is 0 Å². The lowest BCUT2D eigenvalue weighted by atomic mass is 10.1. The maximum Gasteiger partial charge on any atom is 0.243 e. The number of benzene rings is 2. The third kappa shape index (κ3) is 3.32. The fourth-order valence-corrected chi connectivity index (χ4v) is 2.84. The highest BCUT2D eigenvalue weighted by Gasteiger charge is 2.05. The van der Waals surface area contributed by atoms with Gasteiger partial charge in [0.1, 0.15) is 11.3 Å². The van der Waals surface area contributed by atoms with Gasteiger partial charge in [-0.15, -0.1) is 0 Å². The summed E-state index contributed by atoms with van der Waals surface area (Å²) in [4.78, 5) is 8.74. The van der Waals surface area contributed by atoms with Gasteiger partial charge in [-0.3, -0.25) is 0 Å². The lowest BCUT2D eigenvalue weighted by Crippen LogP contribution is -2.09. The number of hydrogen-bond donors (Lipinski definition) is 1.